The van der Waals surface area contributed by atoms with Crippen LogP contribution in [0.15, 0.2) is 18.2 Å². The maximum Gasteiger partial charge on any atom is 0.305 e. The number of aliphatic carboxylic acids is 1. The number of phenols is 1. The summed E-state index contributed by atoms with van der Waals surface area (Å²) in [5, 5.41) is 23.8. The van der Waals surface area contributed by atoms with Gasteiger partial charge in [0.15, 0.2) is 0 Å². The molecule has 3 atom stereocenters. The molecule has 10 nitrogen and oxygen atoms in total. The van der Waals surface area contributed by atoms with Crippen LogP contribution in [0.5, 0.6) is 5.75 Å². The van der Waals surface area contributed by atoms with E-state index in [4.69, 9.17) is 5.11 Å². The molecule has 2 rings (SSSR count). The number of hydrogen-bond acceptors (Lipinski definition) is 6. The molecule has 0 radical (unpaired) electrons. The third-order valence-electron chi connectivity index (χ3n) is 5.49. The summed E-state index contributed by atoms with van der Waals surface area (Å²) in [6, 6.07) is 1.57. The average Bonchev–Trinajstić information content (AvgIpc) is 3.22. The number of carbonyl (C=O) groups excluding carboxylic acids is 4. The lowest BCUT2D eigenvalue weighted by molar-refractivity contribution is -0.142. The van der Waals surface area contributed by atoms with Crippen LogP contribution in [0, 0.1) is 12.8 Å². The van der Waals surface area contributed by atoms with E-state index >= 15 is 0 Å². The first-order valence-electron chi connectivity index (χ1n) is 10.4. The molecule has 0 bridgehead atoms. The maximum absolute atomic E-state index is 13.3. The van der Waals surface area contributed by atoms with E-state index in [2.05, 4.69) is 10.6 Å². The lowest BCUT2D eigenvalue weighted by Gasteiger charge is -2.31. The molecule has 1 saturated heterocycles. The van der Waals surface area contributed by atoms with E-state index in [1.807, 2.05) is 0 Å². The lowest BCUT2D eigenvalue weighted by Crippen LogP contribution is -2.56. The van der Waals surface area contributed by atoms with Gasteiger partial charge in [-0.2, -0.15) is 0 Å². The van der Waals surface area contributed by atoms with Gasteiger partial charge in [-0.3, -0.25) is 19.2 Å². The zero-order valence-corrected chi connectivity index (χ0v) is 18.3. The number of likely N-dealkylation sites (tertiary alicyclic amines) is 1. The Labute approximate surface area is 186 Å². The summed E-state index contributed by atoms with van der Waals surface area (Å²) < 4.78 is 0. The first kappa shape index (κ1) is 24.8. The fourth-order valence-corrected chi connectivity index (χ4v) is 3.68. The molecule has 1 aliphatic heterocycles. The van der Waals surface area contributed by atoms with Crippen molar-refractivity contribution in [1.82, 2.24) is 15.5 Å². The topological polar surface area (TPSA) is 153 Å². The Balaban J connectivity index is 2.16. The SMILES string of the molecule is Cc1c(O)cccc1C(=O)N[C@H](C(=O)N1CCC[C@H]1C(=O)N[C@H](C=O)CC(=O)O)C(C)C. The van der Waals surface area contributed by atoms with E-state index in [0.717, 1.165) is 0 Å². The molecule has 10 heteroatoms. The number of rotatable bonds is 9. The maximum atomic E-state index is 13.3. The number of carboxylic acids is 1. The van der Waals surface area contributed by atoms with E-state index in [0.29, 0.717) is 31.2 Å². The highest BCUT2D eigenvalue weighted by Gasteiger charge is 2.39. The Morgan fingerprint density at radius 1 is 1.22 bits per heavy atom. The van der Waals surface area contributed by atoms with Gasteiger partial charge >= 0.3 is 5.97 Å². The largest absolute Gasteiger partial charge is 0.508 e. The van der Waals surface area contributed by atoms with Crippen molar-refractivity contribution in [2.45, 2.75) is 58.2 Å². The van der Waals surface area contributed by atoms with E-state index in [1.165, 1.54) is 17.0 Å². The second kappa shape index (κ2) is 10.7. The Morgan fingerprint density at radius 3 is 2.50 bits per heavy atom. The van der Waals surface area contributed by atoms with Crippen LogP contribution in [0.2, 0.25) is 0 Å². The zero-order chi connectivity index (χ0) is 24.0. The molecule has 0 aliphatic carbocycles. The average molecular weight is 447 g/mol. The molecule has 1 aliphatic rings. The van der Waals surface area contributed by atoms with Gasteiger partial charge in [0.2, 0.25) is 11.8 Å². The first-order chi connectivity index (χ1) is 15.1. The number of amides is 3. The van der Waals surface area contributed by atoms with Crippen molar-refractivity contribution in [2.24, 2.45) is 5.92 Å². The number of nitrogens with zero attached hydrogens (tertiary/aromatic N) is 1. The molecule has 32 heavy (non-hydrogen) atoms. The molecular weight excluding hydrogens is 418 g/mol. The van der Waals surface area contributed by atoms with Crippen molar-refractivity contribution in [2.75, 3.05) is 6.54 Å². The standard InChI is InChI=1S/C22H29N3O7/c1-12(2)19(24-20(30)15-6-4-8-17(27)13(15)3)22(32)25-9-5-7-16(25)21(31)23-14(11-26)10-18(28)29/h4,6,8,11-12,14,16,19,27H,5,7,9-10H2,1-3H3,(H,23,31)(H,24,30)(H,28,29)/t14-,16-,19-/m0/s1. The van der Waals surface area contributed by atoms with Crippen molar-refractivity contribution in [3.8, 4) is 5.75 Å². The zero-order valence-electron chi connectivity index (χ0n) is 18.3. The highest BCUT2D eigenvalue weighted by Crippen LogP contribution is 2.22. The molecule has 0 saturated carbocycles. The second-order valence-electron chi connectivity index (χ2n) is 8.18. The van der Waals surface area contributed by atoms with Crippen LogP contribution in [-0.4, -0.2) is 69.8 Å². The second-order valence-corrected chi connectivity index (χ2v) is 8.18. The van der Waals surface area contributed by atoms with Gasteiger partial charge in [-0.25, -0.2) is 0 Å². The smallest absolute Gasteiger partial charge is 0.305 e. The highest BCUT2D eigenvalue weighted by atomic mass is 16.4. The highest BCUT2D eigenvalue weighted by molar-refractivity contribution is 6.00. The normalized spacial score (nSPS) is 17.5. The van der Waals surface area contributed by atoms with Gasteiger partial charge < -0.3 is 30.5 Å². The van der Waals surface area contributed by atoms with Gasteiger partial charge in [-0.15, -0.1) is 0 Å². The fourth-order valence-electron chi connectivity index (χ4n) is 3.68. The summed E-state index contributed by atoms with van der Waals surface area (Å²) in [7, 11) is 0. The summed E-state index contributed by atoms with van der Waals surface area (Å²) in [6.07, 6.45) is 0.714. The Bertz CT molecular complexity index is 900. The number of aromatic hydroxyl groups is 1. The van der Waals surface area contributed by atoms with E-state index in [-0.39, 0.29) is 17.2 Å². The minimum absolute atomic E-state index is 0.0348. The number of nitrogens with one attached hydrogen (secondary N) is 2. The molecule has 1 fully saturated rings. The van der Waals surface area contributed by atoms with Gasteiger partial charge in [0.05, 0.1) is 12.5 Å². The van der Waals surface area contributed by atoms with Crippen molar-refractivity contribution >= 4 is 30.0 Å². The number of carbonyl (C=O) groups is 5. The van der Waals surface area contributed by atoms with Gasteiger partial charge in [0.1, 0.15) is 24.1 Å². The molecule has 1 heterocycles. The first-order valence-corrected chi connectivity index (χ1v) is 10.4. The van der Waals surface area contributed by atoms with Gasteiger partial charge in [-0.1, -0.05) is 19.9 Å². The summed E-state index contributed by atoms with van der Waals surface area (Å²) >= 11 is 0. The predicted octanol–water partition coefficient (Wildman–Crippen LogP) is 0.604. The predicted molar refractivity (Wildman–Crippen MR) is 114 cm³/mol. The van der Waals surface area contributed by atoms with Gasteiger partial charge in [-0.05, 0) is 37.8 Å². The van der Waals surface area contributed by atoms with Crippen LogP contribution in [-0.2, 0) is 19.2 Å². The number of aldehydes is 1. The molecule has 174 valence electrons. The third-order valence-corrected chi connectivity index (χ3v) is 5.49. The van der Waals surface area contributed by atoms with E-state index < -0.39 is 48.2 Å². The molecule has 0 spiro atoms. The lowest BCUT2D eigenvalue weighted by atomic mass is 10.0. The van der Waals surface area contributed by atoms with Crippen molar-refractivity contribution < 1.29 is 34.2 Å². The molecular formula is C22H29N3O7. The Hall–Kier alpha value is -3.43. The van der Waals surface area contributed by atoms with Crippen LogP contribution in [0.1, 0.15) is 49.0 Å². The van der Waals surface area contributed by atoms with Crippen molar-refractivity contribution in [3.05, 3.63) is 29.3 Å². The van der Waals surface area contributed by atoms with E-state index in [9.17, 15) is 29.1 Å². The van der Waals surface area contributed by atoms with Crippen LogP contribution in [0.3, 0.4) is 0 Å². The molecule has 1 aromatic rings. The fraction of sp³-hybridized carbons (Fsp3) is 0.500. The summed E-state index contributed by atoms with van der Waals surface area (Å²) in [5.74, 6) is -3.12. The summed E-state index contributed by atoms with van der Waals surface area (Å²) in [6.45, 7) is 5.42. The number of benzene rings is 1. The monoisotopic (exact) mass is 447 g/mol. The Kier molecular flexibility index (Phi) is 8.34. The molecule has 0 unspecified atom stereocenters. The van der Waals surface area contributed by atoms with E-state index in [1.54, 1.807) is 26.8 Å². The van der Waals surface area contributed by atoms with Crippen molar-refractivity contribution in [3.63, 3.8) is 0 Å². The third kappa shape index (κ3) is 5.83. The Morgan fingerprint density at radius 2 is 1.91 bits per heavy atom. The molecule has 4 N–H and O–H groups in total. The quantitative estimate of drug-likeness (QED) is 0.404. The minimum atomic E-state index is -1.23. The number of carboxylic acid groups (broad SMARTS) is 1. The van der Waals surface area contributed by atoms with Crippen molar-refractivity contribution in [1.29, 1.82) is 0 Å². The summed E-state index contributed by atoms with van der Waals surface area (Å²) in [4.78, 5) is 62.0. The van der Waals surface area contributed by atoms with Crippen LogP contribution >= 0.6 is 0 Å². The number of hydrogen-bond donors (Lipinski definition) is 4. The van der Waals surface area contributed by atoms with Gasteiger partial charge in [0, 0.05) is 17.7 Å². The van der Waals surface area contributed by atoms with Crippen LogP contribution in [0.4, 0.5) is 0 Å². The number of phenolic OH excluding ortho intramolecular Hbond substituents is 1. The minimum Gasteiger partial charge on any atom is -0.508 e. The molecule has 3 amide bonds. The molecule has 1 aromatic carbocycles. The van der Waals surface area contributed by atoms with Crippen LogP contribution in [0.25, 0.3) is 0 Å². The van der Waals surface area contributed by atoms with Gasteiger partial charge in [0.25, 0.3) is 5.91 Å². The van der Waals surface area contributed by atoms with Crippen LogP contribution < -0.4 is 10.6 Å². The summed E-state index contributed by atoms with van der Waals surface area (Å²) in [5.41, 5.74) is 0.623. The molecule has 0 aromatic heterocycles.